The second-order valence-electron chi connectivity index (χ2n) is 6.51. The predicted octanol–water partition coefficient (Wildman–Crippen LogP) is 0.710. The van der Waals surface area contributed by atoms with E-state index in [0.717, 1.165) is 11.0 Å². The maximum Gasteiger partial charge on any atom is 0.314 e. The minimum absolute atomic E-state index is 0.0628. The van der Waals surface area contributed by atoms with Crippen molar-refractivity contribution in [2.45, 2.75) is 13.5 Å². The normalized spacial score (nSPS) is 11.3. The summed E-state index contributed by atoms with van der Waals surface area (Å²) < 4.78 is 11.7. The molecular weight excluding hydrogens is 402 g/mol. The number of anilines is 1. The van der Waals surface area contributed by atoms with Crippen molar-refractivity contribution in [3.8, 4) is 23.0 Å². The molecule has 0 aliphatic heterocycles. The first kappa shape index (κ1) is 19.9. The van der Waals surface area contributed by atoms with E-state index in [1.54, 1.807) is 23.6 Å². The third-order valence-electron chi connectivity index (χ3n) is 4.43. The van der Waals surface area contributed by atoms with Crippen LogP contribution in [0.2, 0.25) is 0 Å². The lowest BCUT2D eigenvalue weighted by Gasteiger charge is -2.13. The Kier molecular flexibility index (Phi) is 5.47. The molecule has 0 atom stereocenters. The number of imidazole rings is 1. The molecule has 0 fully saturated rings. The Morgan fingerprint density at radius 1 is 1.35 bits per heavy atom. The highest BCUT2D eigenvalue weighted by Gasteiger charge is 2.27. The van der Waals surface area contributed by atoms with Gasteiger partial charge >= 0.3 is 5.82 Å². The van der Waals surface area contributed by atoms with Crippen molar-refractivity contribution < 1.29 is 23.8 Å². The number of hydrogen-bond acceptors (Lipinski definition) is 8. The fourth-order valence-corrected chi connectivity index (χ4v) is 3.07. The van der Waals surface area contributed by atoms with Crippen molar-refractivity contribution in [2.75, 3.05) is 12.3 Å². The number of aromatic amines is 1. The van der Waals surface area contributed by atoms with Crippen molar-refractivity contribution in [2.24, 2.45) is 5.10 Å². The van der Waals surface area contributed by atoms with E-state index in [4.69, 9.17) is 15.1 Å². The van der Waals surface area contributed by atoms with Gasteiger partial charge in [-0.2, -0.15) is 5.10 Å². The molecule has 0 aliphatic carbocycles. The Morgan fingerprint density at radius 2 is 2.19 bits per heavy atom. The maximum atomic E-state index is 12.5. The summed E-state index contributed by atoms with van der Waals surface area (Å²) in [5.74, 6) is 0.216. The third kappa shape index (κ3) is 4.15. The molecule has 0 aliphatic rings. The molecule has 4 N–H and O–H groups in total. The van der Waals surface area contributed by atoms with Crippen molar-refractivity contribution in [1.82, 2.24) is 20.7 Å². The van der Waals surface area contributed by atoms with Crippen molar-refractivity contribution >= 4 is 29.0 Å². The fraction of sp³-hybridized carbons (Fsp3) is 0.150. The van der Waals surface area contributed by atoms with E-state index >= 15 is 0 Å². The third-order valence-corrected chi connectivity index (χ3v) is 4.43. The van der Waals surface area contributed by atoms with E-state index in [2.05, 4.69) is 25.8 Å². The number of carbonyl (C=O) groups is 1. The Balaban J connectivity index is 1.53. The number of nitrogens with one attached hydrogen (secondary N) is 2. The van der Waals surface area contributed by atoms with Gasteiger partial charge in [-0.1, -0.05) is 30.0 Å². The summed E-state index contributed by atoms with van der Waals surface area (Å²) in [7, 11) is 0. The van der Waals surface area contributed by atoms with Gasteiger partial charge in [0.05, 0.1) is 12.8 Å². The van der Waals surface area contributed by atoms with Crippen LogP contribution in [0.25, 0.3) is 22.6 Å². The zero-order valence-corrected chi connectivity index (χ0v) is 16.5. The molecule has 2 aromatic heterocycles. The molecule has 158 valence electrons. The van der Waals surface area contributed by atoms with Gasteiger partial charge in [0, 0.05) is 0 Å². The lowest BCUT2D eigenvalue weighted by atomic mass is 10.2. The Hall–Kier alpha value is -4.41. The fourth-order valence-electron chi connectivity index (χ4n) is 3.07. The van der Waals surface area contributed by atoms with Gasteiger partial charge in [0.15, 0.2) is 17.6 Å². The van der Waals surface area contributed by atoms with E-state index in [1.807, 2.05) is 24.3 Å². The number of hydrogen-bond donors (Lipinski definition) is 3. The van der Waals surface area contributed by atoms with Crippen LogP contribution >= 0.6 is 0 Å². The Labute approximate surface area is 176 Å². The highest BCUT2D eigenvalue weighted by Crippen LogP contribution is 2.23. The molecule has 0 radical (unpaired) electrons. The average molecular weight is 421 g/mol. The molecule has 0 spiro atoms. The maximum absolute atomic E-state index is 12.5. The smallest absolute Gasteiger partial charge is 0.314 e. The minimum Gasteiger partial charge on any atom is -0.870 e. The summed E-state index contributed by atoms with van der Waals surface area (Å²) in [5, 5.41) is 23.1. The lowest BCUT2D eigenvalue weighted by Crippen LogP contribution is -2.42. The van der Waals surface area contributed by atoms with Crippen LogP contribution < -0.4 is 25.6 Å². The minimum atomic E-state index is -0.382. The predicted molar refractivity (Wildman–Crippen MR) is 109 cm³/mol. The van der Waals surface area contributed by atoms with Gasteiger partial charge < -0.3 is 15.6 Å². The van der Waals surface area contributed by atoms with Crippen LogP contribution in [0.3, 0.4) is 0 Å². The molecule has 0 bridgehead atoms. The molecule has 2 aromatic carbocycles. The SMILES string of the molecule is CCOc1cc(/C=N/NC(=O)C[n+]2c(-c3nonc3N)[nH]c3ccccc32)ccc1[O-]. The molecule has 0 saturated heterocycles. The molecule has 0 unspecified atom stereocenters. The topological polar surface area (TPSA) is 158 Å². The quantitative estimate of drug-likeness (QED) is 0.225. The molecule has 4 aromatic rings. The number of nitrogen functional groups attached to an aromatic ring is 1. The van der Waals surface area contributed by atoms with Crippen LogP contribution in [0.1, 0.15) is 12.5 Å². The summed E-state index contributed by atoms with van der Waals surface area (Å²) in [6.07, 6.45) is 1.43. The van der Waals surface area contributed by atoms with Crippen molar-refractivity contribution in [3.63, 3.8) is 0 Å². The van der Waals surface area contributed by atoms with Gasteiger partial charge in [0.1, 0.15) is 5.75 Å². The second-order valence-corrected chi connectivity index (χ2v) is 6.51. The summed E-state index contributed by atoms with van der Waals surface area (Å²) in [5.41, 5.74) is 10.8. The number of H-pyrrole nitrogens is 1. The Morgan fingerprint density at radius 3 is 2.97 bits per heavy atom. The molecule has 1 amide bonds. The number of fused-ring (bicyclic) bond motifs is 1. The number of ether oxygens (including phenoxy) is 1. The Bertz CT molecular complexity index is 1260. The van der Waals surface area contributed by atoms with Gasteiger partial charge in [-0.15, -0.1) is 0 Å². The highest BCUT2D eigenvalue weighted by molar-refractivity contribution is 5.83. The molecule has 0 saturated carbocycles. The van der Waals surface area contributed by atoms with Gasteiger partial charge in [0.25, 0.3) is 5.91 Å². The first-order chi connectivity index (χ1) is 15.1. The summed E-state index contributed by atoms with van der Waals surface area (Å²) in [4.78, 5) is 15.7. The number of hydrazone groups is 1. The molecule has 4 rings (SSSR count). The summed E-state index contributed by atoms with van der Waals surface area (Å²) >= 11 is 0. The van der Waals surface area contributed by atoms with Crippen LogP contribution in [0.15, 0.2) is 52.2 Å². The molecule has 11 heteroatoms. The number of aromatic nitrogens is 4. The van der Waals surface area contributed by atoms with E-state index in [-0.39, 0.29) is 29.8 Å². The molecule has 2 heterocycles. The van der Waals surface area contributed by atoms with Gasteiger partial charge in [-0.25, -0.2) is 19.6 Å². The van der Waals surface area contributed by atoms with Crippen LogP contribution in [0.5, 0.6) is 11.5 Å². The standard InChI is InChI=1S/C20H19N7O4/c1-2-30-16-9-12(7-8-15(16)28)10-22-24-17(29)11-27-14-6-4-3-5-13(14)23-20(27)18-19(21)26-31-25-18/h3-10H,2,11H2,1H3,(H4,21,22,23,24,25,26,28,29). The van der Waals surface area contributed by atoms with E-state index < -0.39 is 0 Å². The number of benzene rings is 2. The molecular formula is C20H19N7O4. The number of amides is 1. The second kappa shape index (κ2) is 8.53. The average Bonchev–Trinajstić information content (AvgIpc) is 3.34. The number of carbonyl (C=O) groups excluding carboxylic acids is 1. The van der Waals surface area contributed by atoms with E-state index in [9.17, 15) is 9.90 Å². The zero-order valence-electron chi connectivity index (χ0n) is 16.5. The first-order valence-corrected chi connectivity index (χ1v) is 9.41. The highest BCUT2D eigenvalue weighted by atomic mass is 16.6. The molecule has 31 heavy (non-hydrogen) atoms. The monoisotopic (exact) mass is 421 g/mol. The van der Waals surface area contributed by atoms with Crippen LogP contribution in [-0.4, -0.2) is 34.0 Å². The zero-order chi connectivity index (χ0) is 21.8. The van der Waals surface area contributed by atoms with Crippen molar-refractivity contribution in [1.29, 1.82) is 0 Å². The van der Waals surface area contributed by atoms with Gasteiger partial charge in [0.2, 0.25) is 11.5 Å². The first-order valence-electron chi connectivity index (χ1n) is 9.41. The van der Waals surface area contributed by atoms with Crippen LogP contribution in [0, 0.1) is 0 Å². The molecule has 11 nitrogen and oxygen atoms in total. The number of nitrogens with two attached hydrogens (primary N) is 1. The van der Waals surface area contributed by atoms with Gasteiger partial charge in [-0.3, -0.25) is 4.79 Å². The largest absolute Gasteiger partial charge is 0.870 e. The summed E-state index contributed by atoms with van der Waals surface area (Å²) in [6.45, 7) is 2.11. The number of rotatable bonds is 7. The van der Waals surface area contributed by atoms with Crippen molar-refractivity contribution in [3.05, 3.63) is 48.0 Å². The summed E-state index contributed by atoms with van der Waals surface area (Å²) in [6, 6.07) is 12.0. The van der Waals surface area contributed by atoms with E-state index in [0.29, 0.717) is 23.7 Å². The van der Waals surface area contributed by atoms with Crippen LogP contribution in [-0.2, 0) is 11.3 Å². The van der Waals surface area contributed by atoms with Crippen LogP contribution in [0.4, 0.5) is 5.82 Å². The number of para-hydroxylation sites is 2. The number of nitrogens with zero attached hydrogens (tertiary/aromatic N) is 4. The lowest BCUT2D eigenvalue weighted by molar-refractivity contribution is -0.647. The van der Waals surface area contributed by atoms with Gasteiger partial charge in [-0.05, 0) is 41.0 Å². The van der Waals surface area contributed by atoms with E-state index in [1.165, 1.54) is 12.3 Å².